The van der Waals surface area contributed by atoms with Gasteiger partial charge in [0, 0.05) is 5.56 Å². The third-order valence-corrected chi connectivity index (χ3v) is 4.16. The molecular formula is C8H12N2O6S2. The largest absolute Gasteiger partial charge is 0.495 e. The SMILES string of the molecule is COc1ccc(S(N)(=O)=O)c(CO)c1S(N)(=O)=O. The number of hydrogen-bond donors (Lipinski definition) is 3. The number of methoxy groups -OCH3 is 1. The van der Waals surface area contributed by atoms with Gasteiger partial charge in [-0.1, -0.05) is 0 Å². The van der Waals surface area contributed by atoms with Crippen molar-refractivity contribution >= 4 is 20.0 Å². The van der Waals surface area contributed by atoms with Crippen LogP contribution in [0.3, 0.4) is 0 Å². The highest BCUT2D eigenvalue weighted by atomic mass is 32.2. The van der Waals surface area contributed by atoms with Crippen LogP contribution in [-0.2, 0) is 26.7 Å². The van der Waals surface area contributed by atoms with Crippen LogP contribution in [0.4, 0.5) is 0 Å². The van der Waals surface area contributed by atoms with Gasteiger partial charge in [0.1, 0.15) is 10.6 Å². The number of ether oxygens (including phenoxy) is 1. The highest BCUT2D eigenvalue weighted by Gasteiger charge is 2.26. The van der Waals surface area contributed by atoms with E-state index < -0.39 is 42.0 Å². The van der Waals surface area contributed by atoms with Gasteiger partial charge in [0.2, 0.25) is 20.0 Å². The number of rotatable bonds is 4. The first-order valence-electron chi connectivity index (χ1n) is 4.49. The first kappa shape index (κ1) is 14.9. The second-order valence-corrected chi connectivity index (χ2v) is 6.35. The molecule has 0 bridgehead atoms. The van der Waals surface area contributed by atoms with Crippen LogP contribution >= 0.6 is 0 Å². The van der Waals surface area contributed by atoms with Gasteiger partial charge in [-0.15, -0.1) is 0 Å². The first-order valence-corrected chi connectivity index (χ1v) is 7.58. The van der Waals surface area contributed by atoms with Crippen LogP contribution in [0.25, 0.3) is 0 Å². The molecule has 5 N–H and O–H groups in total. The Bertz CT molecular complexity index is 665. The maximum atomic E-state index is 11.4. The minimum Gasteiger partial charge on any atom is -0.495 e. The third kappa shape index (κ3) is 2.79. The lowest BCUT2D eigenvalue weighted by Crippen LogP contribution is -2.21. The summed E-state index contributed by atoms with van der Waals surface area (Å²) >= 11 is 0. The van der Waals surface area contributed by atoms with E-state index >= 15 is 0 Å². The van der Waals surface area contributed by atoms with Gasteiger partial charge in [-0.2, -0.15) is 0 Å². The van der Waals surface area contributed by atoms with Crippen molar-refractivity contribution in [2.45, 2.75) is 16.4 Å². The van der Waals surface area contributed by atoms with Crippen molar-refractivity contribution < 1.29 is 26.7 Å². The van der Waals surface area contributed by atoms with Gasteiger partial charge in [-0.05, 0) is 12.1 Å². The average Bonchev–Trinajstić information content (AvgIpc) is 2.24. The predicted octanol–water partition coefficient (Wildman–Crippen LogP) is -1.52. The summed E-state index contributed by atoms with van der Waals surface area (Å²) < 4.78 is 50.2. The van der Waals surface area contributed by atoms with Gasteiger partial charge >= 0.3 is 0 Å². The summed E-state index contributed by atoms with van der Waals surface area (Å²) in [6.45, 7) is -0.866. The van der Waals surface area contributed by atoms with E-state index in [-0.39, 0.29) is 5.75 Å². The van der Waals surface area contributed by atoms with E-state index in [0.29, 0.717) is 0 Å². The second-order valence-electron chi connectivity index (χ2n) is 3.32. The van der Waals surface area contributed by atoms with Gasteiger partial charge in [-0.25, -0.2) is 27.1 Å². The quantitative estimate of drug-likeness (QED) is 0.614. The molecule has 0 spiro atoms. The Balaban J connectivity index is 3.87. The Labute approximate surface area is 104 Å². The number of benzene rings is 1. The molecule has 8 nitrogen and oxygen atoms in total. The average molecular weight is 296 g/mol. The van der Waals surface area contributed by atoms with Crippen LogP contribution < -0.4 is 15.0 Å². The van der Waals surface area contributed by atoms with Crippen molar-refractivity contribution in [3.05, 3.63) is 17.7 Å². The normalized spacial score (nSPS) is 12.4. The number of aliphatic hydroxyl groups is 1. The van der Waals surface area contributed by atoms with E-state index in [2.05, 4.69) is 0 Å². The topological polar surface area (TPSA) is 150 Å². The molecule has 1 rings (SSSR count). The molecule has 0 aliphatic rings. The van der Waals surface area contributed by atoms with Crippen LogP contribution in [0.1, 0.15) is 5.56 Å². The molecule has 0 saturated heterocycles. The van der Waals surface area contributed by atoms with Gasteiger partial charge in [0.15, 0.2) is 0 Å². The summed E-state index contributed by atoms with van der Waals surface area (Å²) in [7, 11) is -7.28. The third-order valence-electron chi connectivity index (χ3n) is 2.15. The number of sulfonamides is 2. The van der Waals surface area contributed by atoms with Crippen molar-refractivity contribution in [3.8, 4) is 5.75 Å². The van der Waals surface area contributed by atoms with Crippen LogP contribution in [0.15, 0.2) is 21.9 Å². The summed E-state index contributed by atoms with van der Waals surface area (Å²) in [5.74, 6) is -0.172. The standard InChI is InChI=1S/C8H12N2O6S2/c1-16-6-2-3-7(17(9,12)13)5(4-11)8(6)18(10,14)15/h2-3,11H,4H2,1H3,(H2,9,12,13)(H2,10,14,15). The summed E-state index contributed by atoms with van der Waals surface area (Å²) in [5, 5.41) is 19.0. The molecule has 0 fully saturated rings. The molecule has 1 aromatic carbocycles. The second kappa shape index (κ2) is 4.82. The van der Waals surface area contributed by atoms with E-state index in [4.69, 9.17) is 20.1 Å². The summed E-state index contributed by atoms with van der Waals surface area (Å²) in [4.78, 5) is -1.12. The van der Waals surface area contributed by atoms with Crippen molar-refractivity contribution in [2.75, 3.05) is 7.11 Å². The zero-order valence-electron chi connectivity index (χ0n) is 9.32. The molecule has 0 radical (unpaired) electrons. The lowest BCUT2D eigenvalue weighted by Gasteiger charge is -2.13. The molecule has 102 valence electrons. The molecule has 0 aliphatic carbocycles. The summed E-state index contributed by atoms with van der Waals surface area (Å²) in [6, 6.07) is 2.13. The maximum Gasteiger partial charge on any atom is 0.242 e. The van der Waals surface area contributed by atoms with Crippen molar-refractivity contribution in [1.29, 1.82) is 0 Å². The fraction of sp³-hybridized carbons (Fsp3) is 0.250. The Hall–Kier alpha value is -1.20. The van der Waals surface area contributed by atoms with Crippen LogP contribution in [0.2, 0.25) is 0 Å². The minimum atomic E-state index is -4.28. The fourth-order valence-corrected chi connectivity index (χ4v) is 3.26. The first-order chi connectivity index (χ1) is 8.12. The van der Waals surface area contributed by atoms with E-state index in [0.717, 1.165) is 12.1 Å². The van der Waals surface area contributed by atoms with E-state index in [1.807, 2.05) is 0 Å². The smallest absolute Gasteiger partial charge is 0.242 e. The summed E-state index contributed by atoms with van der Waals surface area (Å²) in [6.07, 6.45) is 0. The number of hydrogen-bond acceptors (Lipinski definition) is 6. The van der Waals surface area contributed by atoms with Crippen LogP contribution in [-0.4, -0.2) is 29.1 Å². The number of aliphatic hydroxyl groups excluding tert-OH is 1. The summed E-state index contributed by atoms with van der Waals surface area (Å²) in [5.41, 5.74) is -0.417. The minimum absolute atomic E-state index is 0.172. The lowest BCUT2D eigenvalue weighted by molar-refractivity contribution is 0.273. The Morgan fingerprint density at radius 3 is 2.06 bits per heavy atom. The molecule has 0 unspecified atom stereocenters. The van der Waals surface area contributed by atoms with Crippen LogP contribution in [0.5, 0.6) is 5.75 Å². The Kier molecular flexibility index (Phi) is 3.98. The van der Waals surface area contributed by atoms with E-state index in [9.17, 15) is 16.8 Å². The van der Waals surface area contributed by atoms with Gasteiger partial charge in [-0.3, -0.25) is 0 Å². The predicted molar refractivity (Wildman–Crippen MR) is 61.7 cm³/mol. The monoisotopic (exact) mass is 296 g/mol. The molecule has 0 heterocycles. The Morgan fingerprint density at radius 1 is 1.17 bits per heavy atom. The van der Waals surface area contributed by atoms with Crippen LogP contribution in [0, 0.1) is 0 Å². The van der Waals surface area contributed by atoms with Crippen molar-refractivity contribution in [3.63, 3.8) is 0 Å². The van der Waals surface area contributed by atoms with E-state index in [1.54, 1.807) is 0 Å². The van der Waals surface area contributed by atoms with Gasteiger partial charge in [0.05, 0.1) is 18.6 Å². The molecule has 0 aromatic heterocycles. The van der Waals surface area contributed by atoms with Gasteiger partial charge in [0.25, 0.3) is 0 Å². The number of nitrogens with two attached hydrogens (primary N) is 2. The lowest BCUT2D eigenvalue weighted by atomic mass is 10.2. The van der Waals surface area contributed by atoms with Crippen molar-refractivity contribution in [2.24, 2.45) is 10.3 Å². The van der Waals surface area contributed by atoms with Gasteiger partial charge < -0.3 is 9.84 Å². The zero-order valence-corrected chi connectivity index (χ0v) is 11.0. The molecule has 0 saturated carbocycles. The molecule has 0 aliphatic heterocycles. The molecular weight excluding hydrogens is 284 g/mol. The highest BCUT2D eigenvalue weighted by Crippen LogP contribution is 2.31. The zero-order chi connectivity index (χ0) is 14.1. The highest BCUT2D eigenvalue weighted by molar-refractivity contribution is 7.90. The van der Waals surface area contributed by atoms with E-state index in [1.165, 1.54) is 7.11 Å². The maximum absolute atomic E-state index is 11.4. The Morgan fingerprint density at radius 2 is 1.72 bits per heavy atom. The molecule has 18 heavy (non-hydrogen) atoms. The fourth-order valence-electron chi connectivity index (χ4n) is 1.48. The molecule has 10 heteroatoms. The molecule has 0 amide bonds. The molecule has 0 atom stereocenters. The molecule has 1 aromatic rings. The van der Waals surface area contributed by atoms with Crippen molar-refractivity contribution in [1.82, 2.24) is 0 Å². The number of primary sulfonamides is 2.